The van der Waals surface area contributed by atoms with E-state index in [1.165, 1.54) is 12.8 Å². The first-order chi connectivity index (χ1) is 10.2. The third kappa shape index (κ3) is 5.85. The van der Waals surface area contributed by atoms with Gasteiger partial charge < -0.3 is 16.0 Å². The highest BCUT2D eigenvalue weighted by Crippen LogP contribution is 2.17. The number of carbonyl (C=O) groups is 2. The van der Waals surface area contributed by atoms with Gasteiger partial charge in [0.25, 0.3) is 0 Å². The maximum Gasteiger partial charge on any atom is 0.315 e. The Morgan fingerprint density at radius 3 is 2.38 bits per heavy atom. The Morgan fingerprint density at radius 2 is 1.67 bits per heavy atom. The number of carbonyl (C=O) groups excluding carboxylic acids is 2. The van der Waals surface area contributed by atoms with E-state index in [1.807, 2.05) is 30.3 Å². The molecule has 21 heavy (non-hydrogen) atoms. The second-order valence-electron chi connectivity index (χ2n) is 5.39. The van der Waals surface area contributed by atoms with Crippen LogP contribution in [0, 0.1) is 0 Å². The summed E-state index contributed by atoms with van der Waals surface area (Å²) >= 11 is 0. The van der Waals surface area contributed by atoms with E-state index < -0.39 is 0 Å². The van der Waals surface area contributed by atoms with Gasteiger partial charge in [-0.3, -0.25) is 4.79 Å². The van der Waals surface area contributed by atoms with Gasteiger partial charge in [0.1, 0.15) is 0 Å². The summed E-state index contributed by atoms with van der Waals surface area (Å²) in [5, 5.41) is 8.51. The Labute approximate surface area is 125 Å². The molecule has 1 aliphatic rings. The van der Waals surface area contributed by atoms with Crippen LogP contribution in [-0.4, -0.2) is 31.1 Å². The van der Waals surface area contributed by atoms with E-state index >= 15 is 0 Å². The van der Waals surface area contributed by atoms with Crippen molar-refractivity contribution in [2.45, 2.75) is 38.1 Å². The standard InChI is InChI=1S/C16H23N3O2/c20-15(12-13-6-2-1-3-7-13)17-10-11-18-16(21)19-14-8-4-5-9-14/h1-3,6-7,14H,4-5,8-12H2,(H,17,20)(H2,18,19,21). The van der Waals surface area contributed by atoms with Crippen LogP contribution in [0.15, 0.2) is 30.3 Å². The fourth-order valence-corrected chi connectivity index (χ4v) is 2.53. The summed E-state index contributed by atoms with van der Waals surface area (Å²) in [6, 6.07) is 9.78. The molecular formula is C16H23N3O2. The Hall–Kier alpha value is -2.04. The SMILES string of the molecule is O=C(Cc1ccccc1)NCCNC(=O)NC1CCCC1. The number of hydrogen-bond acceptors (Lipinski definition) is 2. The summed E-state index contributed by atoms with van der Waals surface area (Å²) in [5.74, 6) is -0.0285. The van der Waals surface area contributed by atoms with Crippen LogP contribution in [0.4, 0.5) is 4.79 Å². The van der Waals surface area contributed by atoms with Crippen molar-refractivity contribution in [3.8, 4) is 0 Å². The van der Waals surface area contributed by atoms with Gasteiger partial charge in [0.2, 0.25) is 5.91 Å². The van der Waals surface area contributed by atoms with Crippen molar-refractivity contribution in [3.05, 3.63) is 35.9 Å². The molecule has 0 heterocycles. The van der Waals surface area contributed by atoms with Crippen molar-refractivity contribution in [3.63, 3.8) is 0 Å². The molecule has 0 spiro atoms. The first-order valence-corrected chi connectivity index (χ1v) is 7.59. The van der Waals surface area contributed by atoms with E-state index in [1.54, 1.807) is 0 Å². The van der Waals surface area contributed by atoms with Gasteiger partial charge in [-0.05, 0) is 18.4 Å². The molecule has 0 radical (unpaired) electrons. The Balaban J connectivity index is 1.54. The van der Waals surface area contributed by atoms with Gasteiger partial charge in [-0.1, -0.05) is 43.2 Å². The molecule has 0 atom stereocenters. The van der Waals surface area contributed by atoms with Crippen LogP contribution in [0.1, 0.15) is 31.2 Å². The van der Waals surface area contributed by atoms with Gasteiger partial charge in [0, 0.05) is 19.1 Å². The minimum Gasteiger partial charge on any atom is -0.354 e. The molecule has 1 fully saturated rings. The molecule has 0 unspecified atom stereocenters. The number of urea groups is 1. The topological polar surface area (TPSA) is 70.2 Å². The molecular weight excluding hydrogens is 266 g/mol. The summed E-state index contributed by atoms with van der Waals surface area (Å²) < 4.78 is 0. The zero-order valence-corrected chi connectivity index (χ0v) is 12.2. The van der Waals surface area contributed by atoms with Gasteiger partial charge in [0.05, 0.1) is 6.42 Å². The van der Waals surface area contributed by atoms with Crippen molar-refractivity contribution in [1.29, 1.82) is 0 Å². The zero-order chi connectivity index (χ0) is 14.9. The molecule has 0 saturated heterocycles. The van der Waals surface area contributed by atoms with Crippen LogP contribution in [0.25, 0.3) is 0 Å². The van der Waals surface area contributed by atoms with Crippen LogP contribution in [0.5, 0.6) is 0 Å². The summed E-state index contributed by atoms with van der Waals surface area (Å²) in [5.41, 5.74) is 0.988. The molecule has 1 aromatic carbocycles. The number of benzene rings is 1. The molecule has 5 nitrogen and oxygen atoms in total. The van der Waals surface area contributed by atoms with Gasteiger partial charge in [-0.2, -0.15) is 0 Å². The molecule has 0 bridgehead atoms. The lowest BCUT2D eigenvalue weighted by Gasteiger charge is -2.13. The molecule has 0 aromatic heterocycles. The Kier molecular flexibility index (Phi) is 6.06. The number of amides is 3. The van der Waals surface area contributed by atoms with E-state index in [2.05, 4.69) is 16.0 Å². The summed E-state index contributed by atoms with van der Waals surface area (Å²) in [6.07, 6.45) is 4.90. The average molecular weight is 289 g/mol. The second-order valence-corrected chi connectivity index (χ2v) is 5.39. The van der Waals surface area contributed by atoms with Gasteiger partial charge in [-0.15, -0.1) is 0 Å². The maximum atomic E-state index is 11.7. The molecule has 1 saturated carbocycles. The monoisotopic (exact) mass is 289 g/mol. The predicted octanol–water partition coefficient (Wildman–Crippen LogP) is 1.59. The Bertz CT molecular complexity index is 456. The minimum atomic E-state index is -0.140. The first kappa shape index (κ1) is 15.4. The first-order valence-electron chi connectivity index (χ1n) is 7.59. The lowest BCUT2D eigenvalue weighted by molar-refractivity contribution is -0.120. The maximum absolute atomic E-state index is 11.7. The van der Waals surface area contributed by atoms with Crippen LogP contribution in [0.3, 0.4) is 0 Å². The third-order valence-electron chi connectivity index (χ3n) is 3.63. The zero-order valence-electron chi connectivity index (χ0n) is 12.2. The highest BCUT2D eigenvalue weighted by Gasteiger charge is 2.16. The van der Waals surface area contributed by atoms with Crippen LogP contribution < -0.4 is 16.0 Å². The predicted molar refractivity (Wildman–Crippen MR) is 81.9 cm³/mol. The van der Waals surface area contributed by atoms with Crippen molar-refractivity contribution < 1.29 is 9.59 Å². The van der Waals surface area contributed by atoms with E-state index in [-0.39, 0.29) is 11.9 Å². The van der Waals surface area contributed by atoms with Crippen molar-refractivity contribution in [2.24, 2.45) is 0 Å². The average Bonchev–Trinajstić information content (AvgIpc) is 2.97. The van der Waals surface area contributed by atoms with Crippen molar-refractivity contribution in [1.82, 2.24) is 16.0 Å². The van der Waals surface area contributed by atoms with Crippen LogP contribution in [-0.2, 0) is 11.2 Å². The highest BCUT2D eigenvalue weighted by atomic mass is 16.2. The number of rotatable bonds is 6. The molecule has 114 valence electrons. The second kappa shape index (κ2) is 8.29. The van der Waals surface area contributed by atoms with E-state index in [9.17, 15) is 9.59 Å². The number of hydrogen-bond donors (Lipinski definition) is 3. The summed E-state index contributed by atoms with van der Waals surface area (Å²) in [4.78, 5) is 23.3. The smallest absolute Gasteiger partial charge is 0.315 e. The van der Waals surface area contributed by atoms with Gasteiger partial charge in [0.15, 0.2) is 0 Å². The fraction of sp³-hybridized carbons (Fsp3) is 0.500. The minimum absolute atomic E-state index is 0.0285. The third-order valence-corrected chi connectivity index (χ3v) is 3.63. The molecule has 3 N–H and O–H groups in total. The van der Waals surface area contributed by atoms with E-state index in [4.69, 9.17) is 0 Å². The summed E-state index contributed by atoms with van der Waals surface area (Å²) in [6.45, 7) is 0.892. The normalized spacial score (nSPS) is 14.7. The fourth-order valence-electron chi connectivity index (χ4n) is 2.53. The molecule has 5 heteroatoms. The van der Waals surface area contributed by atoms with Crippen molar-refractivity contribution >= 4 is 11.9 Å². The van der Waals surface area contributed by atoms with Crippen molar-refractivity contribution in [2.75, 3.05) is 13.1 Å². The Morgan fingerprint density at radius 1 is 1.00 bits per heavy atom. The van der Waals surface area contributed by atoms with E-state index in [0.29, 0.717) is 25.6 Å². The van der Waals surface area contributed by atoms with Gasteiger partial charge in [-0.25, -0.2) is 4.79 Å². The largest absolute Gasteiger partial charge is 0.354 e. The molecule has 1 aromatic rings. The van der Waals surface area contributed by atoms with Crippen LogP contribution in [0.2, 0.25) is 0 Å². The number of nitrogens with one attached hydrogen (secondary N) is 3. The molecule has 0 aliphatic heterocycles. The molecule has 1 aliphatic carbocycles. The molecule has 2 rings (SSSR count). The van der Waals surface area contributed by atoms with E-state index in [0.717, 1.165) is 18.4 Å². The quantitative estimate of drug-likeness (QED) is 0.696. The lowest BCUT2D eigenvalue weighted by Crippen LogP contribution is -2.43. The molecule has 3 amide bonds. The summed E-state index contributed by atoms with van der Waals surface area (Å²) in [7, 11) is 0. The van der Waals surface area contributed by atoms with Crippen LogP contribution >= 0.6 is 0 Å². The highest BCUT2D eigenvalue weighted by molar-refractivity contribution is 5.78. The lowest BCUT2D eigenvalue weighted by atomic mass is 10.1. The van der Waals surface area contributed by atoms with Gasteiger partial charge >= 0.3 is 6.03 Å².